The number of halogens is 2. The topological polar surface area (TPSA) is 111 Å². The molecule has 8 nitrogen and oxygen atoms in total. The molecule has 0 bridgehead atoms. The lowest BCUT2D eigenvalue weighted by Gasteiger charge is -2.37. The lowest BCUT2D eigenvalue weighted by atomic mass is 9.86. The summed E-state index contributed by atoms with van der Waals surface area (Å²) < 4.78 is 54.5. The van der Waals surface area contributed by atoms with Crippen LogP contribution in [0.5, 0.6) is 5.75 Å². The Morgan fingerprint density at radius 3 is 2.62 bits per heavy atom. The number of Topliss-reactive ketones (excluding diaryl/α,β-unsaturated/α-hetero) is 1. The number of aliphatic hydroxyl groups is 1. The maximum absolute atomic E-state index is 12.9. The summed E-state index contributed by atoms with van der Waals surface area (Å²) in [7, 11) is -3.08. The number of carbonyl (C=O) groups excluding carboxylic acids is 1. The van der Waals surface area contributed by atoms with Crippen LogP contribution >= 0.6 is 0 Å². The maximum atomic E-state index is 12.9. The normalized spacial score (nSPS) is 17.0. The maximum Gasteiger partial charge on any atom is 0.387 e. The van der Waals surface area contributed by atoms with Crippen LogP contribution < -0.4 is 4.74 Å². The fourth-order valence-electron chi connectivity index (χ4n) is 4.32. The first-order valence-corrected chi connectivity index (χ1v) is 12.4. The smallest absolute Gasteiger partial charge is 0.387 e. The number of rotatable bonds is 8. The van der Waals surface area contributed by atoms with Crippen molar-refractivity contribution >= 4 is 26.7 Å². The van der Waals surface area contributed by atoms with Gasteiger partial charge >= 0.3 is 6.61 Å². The molecule has 1 aliphatic heterocycles. The monoisotopic (exact) mass is 493 g/mol. The molecule has 1 fully saturated rings. The van der Waals surface area contributed by atoms with E-state index in [2.05, 4.69) is 14.8 Å². The molecule has 0 radical (unpaired) electrons. The molecule has 1 aliphatic rings. The summed E-state index contributed by atoms with van der Waals surface area (Å²) in [4.78, 5) is 17.4. The Hall–Kier alpha value is -2.92. The van der Waals surface area contributed by atoms with E-state index < -0.39 is 27.5 Å². The van der Waals surface area contributed by atoms with Crippen LogP contribution in [0.4, 0.5) is 8.78 Å². The third kappa shape index (κ3) is 5.25. The lowest BCUT2D eigenvalue weighted by Crippen LogP contribution is -2.47. The van der Waals surface area contributed by atoms with Gasteiger partial charge in [0.25, 0.3) is 0 Å². The van der Waals surface area contributed by atoms with Crippen LogP contribution in [0.15, 0.2) is 36.5 Å². The highest BCUT2D eigenvalue weighted by Gasteiger charge is 2.45. The van der Waals surface area contributed by atoms with Crippen LogP contribution in [0, 0.1) is 5.41 Å². The zero-order valence-electron chi connectivity index (χ0n) is 19.0. The van der Waals surface area contributed by atoms with Crippen LogP contribution in [-0.4, -0.2) is 57.8 Å². The molecular formula is C23H25F2N3O5S. The van der Waals surface area contributed by atoms with Crippen molar-refractivity contribution in [2.75, 3.05) is 11.5 Å². The number of ether oxygens (including phenoxy) is 1. The van der Waals surface area contributed by atoms with Gasteiger partial charge in [0.2, 0.25) is 0 Å². The molecule has 1 aromatic carbocycles. The number of carbonyl (C=O) groups is 1. The van der Waals surface area contributed by atoms with Crippen LogP contribution in [-0.2, 0) is 16.4 Å². The minimum Gasteiger partial charge on any atom is -0.435 e. The predicted octanol–water partition coefficient (Wildman–Crippen LogP) is 3.48. The van der Waals surface area contributed by atoms with E-state index in [1.54, 1.807) is 39.0 Å². The Bertz CT molecular complexity index is 1350. The molecule has 0 amide bonds. The SMILES string of the molecule is CC(C)(O)Cn1nc(-c2cccc(OC(F)F)c2)c2ncc(C(=O)CC3(C)CS(=O)(=O)C3)cc21. The first-order chi connectivity index (χ1) is 15.7. The second-order valence-corrected chi connectivity index (χ2v) is 11.8. The molecule has 34 heavy (non-hydrogen) atoms. The zero-order chi connectivity index (χ0) is 24.9. The van der Waals surface area contributed by atoms with E-state index in [1.807, 2.05) is 0 Å². The molecule has 0 atom stereocenters. The molecule has 1 N–H and O–H groups in total. The highest BCUT2D eigenvalue weighted by atomic mass is 32.2. The van der Waals surface area contributed by atoms with Crippen LogP contribution in [0.25, 0.3) is 22.3 Å². The number of pyridine rings is 1. The number of aromatic nitrogens is 3. The van der Waals surface area contributed by atoms with Crippen LogP contribution in [0.2, 0.25) is 0 Å². The summed E-state index contributed by atoms with van der Waals surface area (Å²) in [6.45, 7) is 2.10. The van der Waals surface area contributed by atoms with Crippen LogP contribution in [0.3, 0.4) is 0 Å². The highest BCUT2D eigenvalue weighted by molar-refractivity contribution is 7.92. The molecule has 0 spiro atoms. The summed E-state index contributed by atoms with van der Waals surface area (Å²) in [6, 6.07) is 7.66. The van der Waals surface area contributed by atoms with Crippen molar-refractivity contribution < 1.29 is 31.8 Å². The first-order valence-electron chi connectivity index (χ1n) is 10.6. The standard InChI is InChI=1S/C23H25F2N3O5S/c1-22(2,30)11-28-17-8-15(18(29)9-23(3)12-34(31,32)13-23)10-26-20(17)19(27-28)14-5-4-6-16(7-14)33-21(24)25/h4-8,10,21,30H,9,11-13H2,1-3H3. The Balaban J connectivity index is 1.74. The van der Waals surface area contributed by atoms with Gasteiger partial charge in [0.15, 0.2) is 15.6 Å². The van der Waals surface area contributed by atoms with Gasteiger partial charge in [0.05, 0.1) is 29.2 Å². The van der Waals surface area contributed by atoms with Crippen molar-refractivity contribution in [2.24, 2.45) is 5.41 Å². The zero-order valence-corrected chi connectivity index (χ0v) is 19.8. The fourth-order valence-corrected chi connectivity index (χ4v) is 6.56. The molecule has 2 aromatic heterocycles. The minimum atomic E-state index is -3.08. The second kappa shape index (κ2) is 8.38. The van der Waals surface area contributed by atoms with E-state index in [1.165, 1.54) is 23.0 Å². The van der Waals surface area contributed by atoms with E-state index in [0.29, 0.717) is 27.9 Å². The molecule has 3 aromatic rings. The molecule has 182 valence electrons. The Morgan fingerprint density at radius 2 is 2.00 bits per heavy atom. The molecule has 4 rings (SSSR count). The molecule has 0 unspecified atom stereocenters. The van der Waals surface area contributed by atoms with Crippen molar-refractivity contribution in [3.05, 3.63) is 42.1 Å². The number of hydrogen-bond donors (Lipinski definition) is 1. The van der Waals surface area contributed by atoms with E-state index in [0.717, 1.165) is 0 Å². The molecular weight excluding hydrogens is 468 g/mol. The van der Waals surface area contributed by atoms with E-state index in [9.17, 15) is 27.1 Å². The Kier molecular flexibility index (Phi) is 5.97. The second-order valence-electron chi connectivity index (χ2n) is 9.76. The average molecular weight is 494 g/mol. The quantitative estimate of drug-likeness (QED) is 0.478. The van der Waals surface area contributed by atoms with Crippen molar-refractivity contribution in [3.8, 4) is 17.0 Å². The van der Waals surface area contributed by atoms with E-state index in [-0.39, 0.29) is 36.0 Å². The highest BCUT2D eigenvalue weighted by Crippen LogP contribution is 2.37. The van der Waals surface area contributed by atoms with Gasteiger partial charge < -0.3 is 9.84 Å². The molecule has 1 saturated heterocycles. The van der Waals surface area contributed by atoms with E-state index in [4.69, 9.17) is 0 Å². The number of benzene rings is 1. The Morgan fingerprint density at radius 1 is 1.29 bits per heavy atom. The van der Waals surface area contributed by atoms with Crippen LogP contribution in [0.1, 0.15) is 37.6 Å². The van der Waals surface area contributed by atoms with Gasteiger partial charge in [-0.1, -0.05) is 19.1 Å². The molecule has 3 heterocycles. The van der Waals surface area contributed by atoms with Gasteiger partial charge in [0.1, 0.15) is 17.0 Å². The van der Waals surface area contributed by atoms with E-state index >= 15 is 0 Å². The number of sulfone groups is 1. The first kappa shape index (κ1) is 24.2. The molecule has 0 aliphatic carbocycles. The summed E-state index contributed by atoms with van der Waals surface area (Å²) >= 11 is 0. The largest absolute Gasteiger partial charge is 0.435 e. The van der Waals surface area contributed by atoms with Crippen molar-refractivity contribution in [3.63, 3.8) is 0 Å². The van der Waals surface area contributed by atoms with Crippen molar-refractivity contribution in [1.82, 2.24) is 14.8 Å². The minimum absolute atomic E-state index is 0.0285. The summed E-state index contributed by atoms with van der Waals surface area (Å²) in [6.07, 6.45) is 1.47. The average Bonchev–Trinajstić information content (AvgIpc) is 3.02. The number of hydrogen-bond acceptors (Lipinski definition) is 7. The van der Waals surface area contributed by atoms with Gasteiger partial charge in [0, 0.05) is 29.2 Å². The van der Waals surface area contributed by atoms with Gasteiger partial charge in [-0.3, -0.25) is 14.5 Å². The van der Waals surface area contributed by atoms with Gasteiger partial charge in [-0.25, -0.2) is 8.42 Å². The summed E-state index contributed by atoms with van der Waals surface area (Å²) in [5, 5.41) is 14.9. The van der Waals surface area contributed by atoms with Gasteiger partial charge in [-0.05, 0) is 32.0 Å². The number of ketones is 1. The third-order valence-corrected chi connectivity index (χ3v) is 7.78. The lowest BCUT2D eigenvalue weighted by molar-refractivity contribution is -0.0498. The van der Waals surface area contributed by atoms with Gasteiger partial charge in [-0.15, -0.1) is 0 Å². The van der Waals surface area contributed by atoms with Gasteiger partial charge in [-0.2, -0.15) is 13.9 Å². The van der Waals surface area contributed by atoms with Crippen molar-refractivity contribution in [2.45, 2.75) is 45.9 Å². The number of alkyl halides is 2. The summed E-state index contributed by atoms with van der Waals surface area (Å²) in [5.41, 5.74) is 0.337. The Labute approximate surface area is 195 Å². The molecule has 11 heteroatoms. The number of nitrogens with zero attached hydrogens (tertiary/aromatic N) is 3. The third-order valence-electron chi connectivity index (χ3n) is 5.51. The predicted molar refractivity (Wildman–Crippen MR) is 122 cm³/mol. The summed E-state index contributed by atoms with van der Waals surface area (Å²) in [5.74, 6) is -0.330. The van der Waals surface area contributed by atoms with Crippen molar-refractivity contribution in [1.29, 1.82) is 0 Å². The number of fused-ring (bicyclic) bond motifs is 1. The fraction of sp³-hybridized carbons (Fsp3) is 0.435. The molecule has 0 saturated carbocycles.